The van der Waals surface area contributed by atoms with E-state index >= 15 is 0 Å². The maximum Gasteiger partial charge on any atom is 0.411 e. The number of ether oxygens (including phenoxy) is 2. The first-order chi connectivity index (χ1) is 20.8. The molecule has 10 nitrogen and oxygen atoms in total. The van der Waals surface area contributed by atoms with Crippen LogP contribution in [0.4, 0.5) is 4.79 Å². The lowest BCUT2D eigenvalue weighted by atomic mass is 9.99. The van der Waals surface area contributed by atoms with Gasteiger partial charge in [0.2, 0.25) is 14.2 Å². The predicted molar refractivity (Wildman–Crippen MR) is 180 cm³/mol. The smallest absolute Gasteiger partial charge is 0.411 e. The standard InChI is InChI=1S/C34H59N3O7Si/c1-12-24(8)29(35)31(38)36-19-17-27(44-45(21(2)3,22(4)5)23(6)7)25-13-15-26(16-14-25)42-28-18-20-37(30(28)32(39)40)33(41)43-34(9,10)11/h13-16,21-24,27-30H,12,17-20,35H2,1-11H3,(H,36,38)(H,39,40)/t24?,27?,28-,29+,30+/m1/s1. The third-order valence-electron chi connectivity index (χ3n) is 9.08. The van der Waals surface area contributed by atoms with Gasteiger partial charge < -0.3 is 30.1 Å². The highest BCUT2D eigenvalue weighted by atomic mass is 28.4. The zero-order valence-corrected chi connectivity index (χ0v) is 30.4. The van der Waals surface area contributed by atoms with Crippen molar-refractivity contribution >= 4 is 26.3 Å². The second-order valence-electron chi connectivity index (χ2n) is 14.4. The first-order valence-corrected chi connectivity index (χ1v) is 18.7. The van der Waals surface area contributed by atoms with Gasteiger partial charge in [0.15, 0.2) is 6.04 Å². The number of aliphatic carboxylic acids is 1. The van der Waals surface area contributed by atoms with E-state index in [2.05, 4.69) is 46.9 Å². The molecule has 1 aromatic carbocycles. The Morgan fingerprint density at radius 1 is 1.02 bits per heavy atom. The second-order valence-corrected chi connectivity index (χ2v) is 19.8. The van der Waals surface area contributed by atoms with Crippen LogP contribution in [0.1, 0.15) is 107 Å². The van der Waals surface area contributed by atoms with Crippen molar-refractivity contribution in [2.75, 3.05) is 13.1 Å². The monoisotopic (exact) mass is 649 g/mol. The predicted octanol–water partition coefficient (Wildman–Crippen LogP) is 6.64. The SMILES string of the molecule is CCC(C)[C@H](N)C(=O)NCCC(O[Si](C(C)C)(C(C)C)C(C)C)c1ccc(O[C@@H]2CCN(C(=O)OC(C)(C)C)[C@@H]2C(=O)O)cc1. The molecular weight excluding hydrogens is 590 g/mol. The zero-order valence-electron chi connectivity index (χ0n) is 29.4. The van der Waals surface area contributed by atoms with E-state index in [1.54, 1.807) is 20.8 Å². The van der Waals surface area contributed by atoms with E-state index in [-0.39, 0.29) is 24.5 Å². The molecule has 4 N–H and O–H groups in total. The molecule has 45 heavy (non-hydrogen) atoms. The molecule has 5 atom stereocenters. The number of likely N-dealkylation sites (tertiary alicyclic amines) is 1. The van der Waals surface area contributed by atoms with Crippen LogP contribution in [0, 0.1) is 5.92 Å². The van der Waals surface area contributed by atoms with Gasteiger partial charge in [0.1, 0.15) is 17.5 Å². The third kappa shape index (κ3) is 9.93. The molecule has 0 bridgehead atoms. The largest absolute Gasteiger partial charge is 0.488 e. The maximum atomic E-state index is 12.7. The molecule has 0 saturated carbocycles. The van der Waals surface area contributed by atoms with Crippen molar-refractivity contribution in [2.45, 2.75) is 142 Å². The van der Waals surface area contributed by atoms with Crippen LogP contribution in [0.15, 0.2) is 24.3 Å². The van der Waals surface area contributed by atoms with Crippen LogP contribution in [-0.2, 0) is 18.8 Å². The number of nitrogens with two attached hydrogens (primary N) is 1. The fourth-order valence-corrected chi connectivity index (χ4v) is 12.1. The summed E-state index contributed by atoms with van der Waals surface area (Å²) in [5, 5.41) is 13.0. The molecule has 1 aliphatic rings. The summed E-state index contributed by atoms with van der Waals surface area (Å²) >= 11 is 0. The fourth-order valence-electron chi connectivity index (χ4n) is 6.55. The van der Waals surface area contributed by atoms with Crippen LogP contribution in [0.3, 0.4) is 0 Å². The number of rotatable bonds is 15. The zero-order chi connectivity index (χ0) is 34.3. The molecule has 1 saturated heterocycles. The summed E-state index contributed by atoms with van der Waals surface area (Å²) in [7, 11) is -2.28. The molecule has 0 aliphatic carbocycles. The molecule has 1 heterocycles. The van der Waals surface area contributed by atoms with Crippen molar-refractivity contribution < 1.29 is 33.4 Å². The summed E-state index contributed by atoms with van der Waals surface area (Å²) in [6.45, 7) is 23.4. The summed E-state index contributed by atoms with van der Waals surface area (Å²) < 4.78 is 18.8. The molecule has 1 aliphatic heterocycles. The number of carbonyl (C=O) groups is 3. The van der Waals surface area contributed by atoms with Gasteiger partial charge in [-0.25, -0.2) is 9.59 Å². The first kappa shape index (κ1) is 38.5. The molecule has 1 fully saturated rings. The minimum absolute atomic E-state index is 0.0873. The average Bonchev–Trinajstić information content (AvgIpc) is 3.37. The fraction of sp³-hybridized carbons (Fsp3) is 0.735. The number of carboxylic acids is 1. The Kier molecular flexibility index (Phi) is 13.9. The Balaban J connectivity index is 2.30. The summed E-state index contributed by atoms with van der Waals surface area (Å²) in [4.78, 5) is 38.9. The maximum absolute atomic E-state index is 12.7. The molecule has 2 amide bonds. The van der Waals surface area contributed by atoms with Gasteiger partial charge in [-0.15, -0.1) is 0 Å². The number of hydrogen-bond donors (Lipinski definition) is 3. The summed E-state index contributed by atoms with van der Waals surface area (Å²) in [6.07, 6.45) is 0.122. The van der Waals surface area contributed by atoms with Gasteiger partial charge in [0.25, 0.3) is 0 Å². The molecule has 2 rings (SSSR count). The van der Waals surface area contributed by atoms with Gasteiger partial charge in [-0.05, 0) is 67.4 Å². The Morgan fingerprint density at radius 3 is 2.04 bits per heavy atom. The van der Waals surface area contributed by atoms with Gasteiger partial charge in [0.05, 0.1) is 12.1 Å². The third-order valence-corrected chi connectivity index (χ3v) is 15.2. The molecule has 0 aromatic heterocycles. The van der Waals surface area contributed by atoms with Gasteiger partial charge in [-0.1, -0.05) is 73.9 Å². The number of nitrogens with zero attached hydrogens (tertiary/aromatic N) is 1. The normalized spacial score (nSPS) is 19.5. The molecule has 11 heteroatoms. The van der Waals surface area contributed by atoms with Crippen LogP contribution < -0.4 is 15.8 Å². The van der Waals surface area contributed by atoms with E-state index in [9.17, 15) is 19.5 Å². The molecular formula is C34H59N3O7Si. The van der Waals surface area contributed by atoms with Crippen molar-refractivity contribution in [1.29, 1.82) is 0 Å². The summed E-state index contributed by atoms with van der Waals surface area (Å²) in [5.74, 6) is -0.699. The van der Waals surface area contributed by atoms with Crippen LogP contribution in [-0.4, -0.2) is 73.2 Å². The molecule has 1 aromatic rings. The quantitative estimate of drug-likeness (QED) is 0.180. The minimum atomic E-state index is -2.28. The highest BCUT2D eigenvalue weighted by Gasteiger charge is 2.47. The Morgan fingerprint density at radius 2 is 1.58 bits per heavy atom. The van der Waals surface area contributed by atoms with Gasteiger partial charge in [-0.3, -0.25) is 9.69 Å². The van der Waals surface area contributed by atoms with Gasteiger partial charge in [-0.2, -0.15) is 0 Å². The highest BCUT2D eigenvalue weighted by molar-refractivity contribution is 6.77. The number of carboxylic acid groups (broad SMARTS) is 1. The number of amides is 2. The highest BCUT2D eigenvalue weighted by Crippen LogP contribution is 2.46. The Hall–Kier alpha value is -2.63. The first-order valence-electron chi connectivity index (χ1n) is 16.6. The molecule has 0 radical (unpaired) electrons. The molecule has 2 unspecified atom stereocenters. The van der Waals surface area contributed by atoms with E-state index in [0.717, 1.165) is 12.0 Å². The van der Waals surface area contributed by atoms with Gasteiger partial charge >= 0.3 is 12.1 Å². The lowest BCUT2D eigenvalue weighted by molar-refractivity contribution is -0.144. The second kappa shape index (κ2) is 16.3. The Bertz CT molecular complexity index is 1100. The minimum Gasteiger partial charge on any atom is -0.488 e. The van der Waals surface area contributed by atoms with E-state index in [1.165, 1.54) is 4.90 Å². The van der Waals surface area contributed by atoms with E-state index < -0.39 is 44.2 Å². The van der Waals surface area contributed by atoms with Crippen molar-refractivity contribution in [3.05, 3.63) is 29.8 Å². The number of benzene rings is 1. The average molecular weight is 650 g/mol. The van der Waals surface area contributed by atoms with Crippen LogP contribution in [0.2, 0.25) is 16.6 Å². The van der Waals surface area contributed by atoms with Crippen LogP contribution in [0.5, 0.6) is 5.75 Å². The van der Waals surface area contributed by atoms with Crippen molar-refractivity contribution in [2.24, 2.45) is 11.7 Å². The number of hydrogen-bond acceptors (Lipinski definition) is 7. The van der Waals surface area contributed by atoms with Crippen LogP contribution in [0.25, 0.3) is 0 Å². The van der Waals surface area contributed by atoms with E-state index in [4.69, 9.17) is 19.6 Å². The van der Waals surface area contributed by atoms with Gasteiger partial charge in [0, 0.05) is 19.5 Å². The van der Waals surface area contributed by atoms with E-state index in [0.29, 0.717) is 41.8 Å². The lowest BCUT2D eigenvalue weighted by Crippen LogP contribution is -2.49. The number of nitrogens with one attached hydrogen (secondary N) is 1. The molecule has 0 spiro atoms. The lowest BCUT2D eigenvalue weighted by Gasteiger charge is -2.45. The van der Waals surface area contributed by atoms with Crippen molar-refractivity contribution in [3.8, 4) is 5.75 Å². The van der Waals surface area contributed by atoms with Crippen LogP contribution >= 0.6 is 0 Å². The van der Waals surface area contributed by atoms with Crippen molar-refractivity contribution in [1.82, 2.24) is 10.2 Å². The number of carbonyl (C=O) groups excluding carboxylic acids is 2. The summed E-state index contributed by atoms with van der Waals surface area (Å²) in [5.41, 5.74) is 7.51. The van der Waals surface area contributed by atoms with Crippen molar-refractivity contribution in [3.63, 3.8) is 0 Å². The molecule has 256 valence electrons. The topological polar surface area (TPSA) is 140 Å². The summed E-state index contributed by atoms with van der Waals surface area (Å²) in [6, 6.07) is 5.82. The Labute approximate surface area is 271 Å². The van der Waals surface area contributed by atoms with E-state index in [1.807, 2.05) is 38.1 Å².